The molecule has 0 aliphatic carbocycles. The Labute approximate surface area is 216 Å². The molecule has 188 valence electrons. The van der Waals surface area contributed by atoms with E-state index in [2.05, 4.69) is 26.8 Å². The molecule has 2 saturated heterocycles. The number of halogens is 1. The first-order valence-corrected chi connectivity index (χ1v) is 12.9. The lowest BCUT2D eigenvalue weighted by molar-refractivity contribution is 0.0137. The molecule has 0 saturated carbocycles. The average Bonchev–Trinajstić information content (AvgIpc) is 2.93. The Morgan fingerprint density at radius 3 is 2.47 bits per heavy atom. The van der Waals surface area contributed by atoms with Crippen LogP contribution < -0.4 is 5.73 Å². The summed E-state index contributed by atoms with van der Waals surface area (Å²) in [4.78, 5) is 31.0. The number of nitrogens with two attached hydrogens (primary N) is 1. The van der Waals surface area contributed by atoms with Gasteiger partial charge in [-0.3, -0.25) is 9.69 Å². The zero-order valence-corrected chi connectivity index (χ0v) is 21.2. The molecule has 2 aliphatic rings. The lowest BCUT2D eigenvalue weighted by Gasteiger charge is -2.40. The second kappa shape index (κ2) is 10.9. The molecule has 0 unspecified atom stereocenters. The molecule has 3 aromatic rings. The number of carbonyl (C=O) groups is 1. The summed E-state index contributed by atoms with van der Waals surface area (Å²) in [7, 11) is 0. The summed E-state index contributed by atoms with van der Waals surface area (Å²) < 4.78 is 5.49. The van der Waals surface area contributed by atoms with Crippen molar-refractivity contribution in [2.75, 3.05) is 45.1 Å². The van der Waals surface area contributed by atoms with E-state index in [0.29, 0.717) is 35.5 Å². The van der Waals surface area contributed by atoms with Gasteiger partial charge in [0, 0.05) is 68.3 Å². The maximum absolute atomic E-state index is 13.3. The summed E-state index contributed by atoms with van der Waals surface area (Å²) in [6.45, 7) is 6.87. The van der Waals surface area contributed by atoms with Gasteiger partial charge in [0.05, 0.1) is 22.0 Å². The number of ether oxygens (including phenoxy) is 1. The Balaban J connectivity index is 1.36. The minimum atomic E-state index is -0.0296. The molecule has 1 aromatic carbocycles. The topological polar surface area (TPSA) is 97.5 Å². The highest BCUT2D eigenvalue weighted by molar-refractivity contribution is 6.34. The molecule has 9 heteroatoms. The maximum atomic E-state index is 13.3. The predicted molar refractivity (Wildman–Crippen MR) is 141 cm³/mol. The summed E-state index contributed by atoms with van der Waals surface area (Å²) in [5.41, 5.74) is 10.6. The fourth-order valence-corrected chi connectivity index (χ4v) is 5.37. The molecule has 0 spiro atoms. The Hall–Kier alpha value is -3.07. The van der Waals surface area contributed by atoms with Gasteiger partial charge in [0.2, 0.25) is 0 Å². The van der Waals surface area contributed by atoms with Crippen LogP contribution >= 0.6 is 11.6 Å². The molecule has 0 atom stereocenters. The molecule has 2 aromatic heterocycles. The van der Waals surface area contributed by atoms with Crippen molar-refractivity contribution < 1.29 is 9.53 Å². The summed E-state index contributed by atoms with van der Waals surface area (Å²) >= 11 is 6.69. The van der Waals surface area contributed by atoms with Crippen molar-refractivity contribution in [2.45, 2.75) is 32.2 Å². The van der Waals surface area contributed by atoms with Gasteiger partial charge in [-0.25, -0.2) is 15.0 Å². The first-order valence-electron chi connectivity index (χ1n) is 12.5. The molecule has 4 heterocycles. The van der Waals surface area contributed by atoms with Crippen LogP contribution in [-0.4, -0.2) is 76.1 Å². The van der Waals surface area contributed by atoms with Crippen molar-refractivity contribution in [3.8, 4) is 22.4 Å². The number of aromatic nitrogens is 3. The summed E-state index contributed by atoms with van der Waals surface area (Å²) in [5, 5.41) is 0.419. The van der Waals surface area contributed by atoms with Crippen LogP contribution in [0.1, 0.15) is 35.8 Å². The fourth-order valence-electron chi connectivity index (χ4n) is 5.11. The van der Waals surface area contributed by atoms with E-state index in [1.54, 1.807) is 18.6 Å². The van der Waals surface area contributed by atoms with Crippen LogP contribution in [0.4, 0.5) is 5.82 Å². The molecule has 8 nitrogen and oxygen atoms in total. The van der Waals surface area contributed by atoms with E-state index in [1.807, 2.05) is 29.2 Å². The Bertz CT molecular complexity index is 1220. The van der Waals surface area contributed by atoms with Crippen molar-refractivity contribution in [1.82, 2.24) is 24.8 Å². The SMILES string of the molecule is CCc1ncnc(-c2ccc(C(=O)N3CCN(C4CCOCC4)CC3)c(Cl)c2)c1-c1ccc(N)nc1. The van der Waals surface area contributed by atoms with Crippen molar-refractivity contribution in [3.05, 3.63) is 59.1 Å². The number of benzene rings is 1. The third-order valence-electron chi connectivity index (χ3n) is 7.12. The number of nitrogen functional groups attached to an aromatic ring is 1. The molecular formula is C27H31ClN6O2. The van der Waals surface area contributed by atoms with Crippen molar-refractivity contribution in [2.24, 2.45) is 0 Å². The molecule has 2 fully saturated rings. The molecule has 5 rings (SSSR count). The minimum absolute atomic E-state index is 0.0296. The fraction of sp³-hybridized carbons (Fsp3) is 0.407. The number of rotatable bonds is 5. The molecule has 2 N–H and O–H groups in total. The summed E-state index contributed by atoms with van der Waals surface area (Å²) in [6, 6.07) is 9.79. The van der Waals surface area contributed by atoms with E-state index in [1.165, 1.54) is 0 Å². The van der Waals surface area contributed by atoms with Crippen molar-refractivity contribution >= 4 is 23.3 Å². The first kappa shape index (κ1) is 24.6. The van der Waals surface area contributed by atoms with Crippen LogP contribution in [0.15, 0.2) is 42.9 Å². The van der Waals surface area contributed by atoms with Crippen LogP contribution in [0.5, 0.6) is 0 Å². The van der Waals surface area contributed by atoms with E-state index in [-0.39, 0.29) is 5.91 Å². The van der Waals surface area contributed by atoms with Gasteiger partial charge in [-0.2, -0.15) is 0 Å². The lowest BCUT2D eigenvalue weighted by Crippen LogP contribution is -2.53. The number of pyridine rings is 1. The number of nitrogens with zero attached hydrogens (tertiary/aromatic N) is 5. The van der Waals surface area contributed by atoms with Gasteiger partial charge in [0.1, 0.15) is 12.1 Å². The average molecular weight is 507 g/mol. The predicted octanol–water partition coefficient (Wildman–Crippen LogP) is 3.94. The highest BCUT2D eigenvalue weighted by Gasteiger charge is 2.28. The Morgan fingerprint density at radius 1 is 1.06 bits per heavy atom. The zero-order valence-electron chi connectivity index (χ0n) is 20.5. The number of amides is 1. The third-order valence-corrected chi connectivity index (χ3v) is 7.43. The van der Waals surface area contributed by atoms with E-state index >= 15 is 0 Å². The van der Waals surface area contributed by atoms with E-state index in [0.717, 1.165) is 73.6 Å². The molecule has 2 aliphatic heterocycles. The van der Waals surface area contributed by atoms with Gasteiger partial charge >= 0.3 is 0 Å². The number of piperazine rings is 1. The number of hydrogen-bond donors (Lipinski definition) is 1. The quantitative estimate of drug-likeness (QED) is 0.559. The molecule has 0 radical (unpaired) electrons. The molecule has 0 bridgehead atoms. The van der Waals surface area contributed by atoms with E-state index in [4.69, 9.17) is 22.1 Å². The van der Waals surface area contributed by atoms with Gasteiger partial charge in [-0.1, -0.05) is 24.6 Å². The highest BCUT2D eigenvalue weighted by Crippen LogP contribution is 2.34. The maximum Gasteiger partial charge on any atom is 0.255 e. The largest absolute Gasteiger partial charge is 0.384 e. The number of anilines is 1. The Morgan fingerprint density at radius 2 is 1.81 bits per heavy atom. The van der Waals surface area contributed by atoms with Crippen LogP contribution in [0, 0.1) is 0 Å². The van der Waals surface area contributed by atoms with Crippen LogP contribution in [0.3, 0.4) is 0 Å². The van der Waals surface area contributed by atoms with Crippen LogP contribution in [-0.2, 0) is 11.2 Å². The van der Waals surface area contributed by atoms with Crippen molar-refractivity contribution in [1.29, 1.82) is 0 Å². The van der Waals surface area contributed by atoms with Crippen molar-refractivity contribution in [3.63, 3.8) is 0 Å². The smallest absolute Gasteiger partial charge is 0.255 e. The first-order chi connectivity index (χ1) is 17.5. The van der Waals surface area contributed by atoms with Crippen LogP contribution in [0.25, 0.3) is 22.4 Å². The van der Waals surface area contributed by atoms with Gasteiger partial charge in [-0.05, 0) is 43.5 Å². The van der Waals surface area contributed by atoms with E-state index in [9.17, 15) is 4.79 Å². The number of carbonyl (C=O) groups excluding carboxylic acids is 1. The van der Waals surface area contributed by atoms with Gasteiger partial charge in [0.15, 0.2) is 0 Å². The zero-order chi connectivity index (χ0) is 25.1. The lowest BCUT2D eigenvalue weighted by atomic mass is 9.97. The standard InChI is InChI=1S/C27H31ClN6O2/c1-2-23-25(19-4-6-24(29)30-16-19)26(32-17-31-23)18-3-5-21(22(28)15-18)27(35)34-11-9-33(10-12-34)20-7-13-36-14-8-20/h3-6,15-17,20H,2,7-14H2,1H3,(H2,29,30). The normalized spacial score (nSPS) is 17.3. The molecular weight excluding hydrogens is 476 g/mol. The molecule has 1 amide bonds. The summed E-state index contributed by atoms with van der Waals surface area (Å²) in [6.07, 6.45) is 6.17. The van der Waals surface area contributed by atoms with E-state index < -0.39 is 0 Å². The second-order valence-electron chi connectivity index (χ2n) is 9.24. The number of hydrogen-bond acceptors (Lipinski definition) is 7. The van der Waals surface area contributed by atoms with Gasteiger partial charge in [-0.15, -0.1) is 0 Å². The second-order valence-corrected chi connectivity index (χ2v) is 9.64. The van der Waals surface area contributed by atoms with Gasteiger partial charge < -0.3 is 15.4 Å². The Kier molecular flexibility index (Phi) is 7.46. The third kappa shape index (κ3) is 5.07. The number of aryl methyl sites for hydroxylation is 1. The molecule has 36 heavy (non-hydrogen) atoms. The minimum Gasteiger partial charge on any atom is -0.384 e. The van der Waals surface area contributed by atoms with Crippen LogP contribution in [0.2, 0.25) is 5.02 Å². The highest BCUT2D eigenvalue weighted by atomic mass is 35.5. The summed E-state index contributed by atoms with van der Waals surface area (Å²) in [5.74, 6) is 0.424. The monoisotopic (exact) mass is 506 g/mol. The van der Waals surface area contributed by atoms with Gasteiger partial charge in [0.25, 0.3) is 5.91 Å².